The zero-order valence-corrected chi connectivity index (χ0v) is 4.76. The van der Waals surface area contributed by atoms with Gasteiger partial charge in [0.2, 0.25) is 0 Å². The monoisotopic (exact) mass is 101 g/mol. The summed E-state index contributed by atoms with van der Waals surface area (Å²) in [6, 6.07) is 0. The maximum Gasteiger partial charge on any atom is 0.0463 e. The fourth-order valence-corrected chi connectivity index (χ4v) is 0.219. The zero-order chi connectivity index (χ0) is 5.70. The molecule has 1 N–H and O–H groups in total. The molecule has 0 aromatic heterocycles. The highest BCUT2D eigenvalue weighted by atomic mass is 16.4. The van der Waals surface area contributed by atoms with Gasteiger partial charge in [-0.25, -0.2) is 0 Å². The summed E-state index contributed by atoms with van der Waals surface area (Å²) in [6.45, 7) is 4.05. The van der Waals surface area contributed by atoms with Crippen molar-refractivity contribution in [3.8, 4) is 0 Å². The molecule has 2 nitrogen and oxygen atoms in total. The van der Waals surface area contributed by atoms with E-state index in [1.807, 2.05) is 13.8 Å². The van der Waals surface area contributed by atoms with Crippen LogP contribution in [-0.4, -0.2) is 11.4 Å². The second kappa shape index (κ2) is 3.65. The molecule has 0 rings (SSSR count). The lowest BCUT2D eigenvalue weighted by molar-refractivity contribution is 0.318. The van der Waals surface area contributed by atoms with Gasteiger partial charge in [-0.2, -0.15) is 0 Å². The molecule has 0 aliphatic heterocycles. The third-order valence-electron chi connectivity index (χ3n) is 0.965. The van der Waals surface area contributed by atoms with Gasteiger partial charge in [0.05, 0.1) is 0 Å². The first kappa shape index (κ1) is 6.47. The minimum absolute atomic E-state index is 0.407. The largest absolute Gasteiger partial charge is 0.411 e. The minimum atomic E-state index is 0.407. The van der Waals surface area contributed by atoms with Crippen LogP contribution in [0.5, 0.6) is 0 Å². The molecule has 0 aliphatic rings. The van der Waals surface area contributed by atoms with Crippen molar-refractivity contribution in [1.82, 2.24) is 0 Å². The molecule has 1 unspecified atom stereocenters. The van der Waals surface area contributed by atoms with Crippen LogP contribution in [0.1, 0.15) is 20.3 Å². The molecule has 0 amide bonds. The molecule has 42 valence electrons. The van der Waals surface area contributed by atoms with Crippen molar-refractivity contribution >= 4 is 6.21 Å². The van der Waals surface area contributed by atoms with E-state index in [2.05, 4.69) is 5.16 Å². The lowest BCUT2D eigenvalue weighted by Gasteiger charge is -1.93. The highest BCUT2D eigenvalue weighted by Gasteiger charge is 1.88. The molecule has 0 radical (unpaired) electrons. The molecule has 2 heteroatoms. The number of nitrogens with zero attached hydrogens (tertiary/aromatic N) is 1. The van der Waals surface area contributed by atoms with Crippen LogP contribution in [0.25, 0.3) is 0 Å². The van der Waals surface area contributed by atoms with Crippen molar-refractivity contribution in [2.24, 2.45) is 11.1 Å². The van der Waals surface area contributed by atoms with Gasteiger partial charge in [0, 0.05) is 6.21 Å². The van der Waals surface area contributed by atoms with Crippen LogP contribution in [-0.2, 0) is 0 Å². The van der Waals surface area contributed by atoms with Crippen molar-refractivity contribution < 1.29 is 5.21 Å². The Morgan fingerprint density at radius 3 is 2.57 bits per heavy atom. The number of rotatable bonds is 2. The van der Waals surface area contributed by atoms with Crippen LogP contribution < -0.4 is 0 Å². The van der Waals surface area contributed by atoms with Crippen LogP contribution in [0.3, 0.4) is 0 Å². The summed E-state index contributed by atoms with van der Waals surface area (Å²) < 4.78 is 0. The van der Waals surface area contributed by atoms with Crippen LogP contribution in [0, 0.1) is 5.92 Å². The summed E-state index contributed by atoms with van der Waals surface area (Å²) >= 11 is 0. The molecular formula is C5H11NO. The third-order valence-corrected chi connectivity index (χ3v) is 0.965. The Balaban J connectivity index is 3.16. The normalized spacial score (nSPS) is 15.1. The maximum atomic E-state index is 7.94. The van der Waals surface area contributed by atoms with Gasteiger partial charge in [0.25, 0.3) is 0 Å². The molecule has 0 spiro atoms. The van der Waals surface area contributed by atoms with Crippen LogP contribution >= 0.6 is 0 Å². The Bertz CT molecular complexity index is 61.1. The maximum absolute atomic E-state index is 7.94. The van der Waals surface area contributed by atoms with E-state index in [4.69, 9.17) is 5.21 Å². The number of hydrogen-bond donors (Lipinski definition) is 1. The van der Waals surface area contributed by atoms with Gasteiger partial charge < -0.3 is 5.21 Å². The highest BCUT2D eigenvalue weighted by Crippen LogP contribution is 1.93. The predicted octanol–water partition coefficient (Wildman–Crippen LogP) is 1.49. The zero-order valence-electron chi connectivity index (χ0n) is 4.76. The van der Waals surface area contributed by atoms with Gasteiger partial charge in [-0.1, -0.05) is 13.8 Å². The first-order valence-corrected chi connectivity index (χ1v) is 2.48. The van der Waals surface area contributed by atoms with E-state index in [-0.39, 0.29) is 0 Å². The molecule has 1 atom stereocenters. The van der Waals surface area contributed by atoms with Gasteiger partial charge in [-0.15, -0.1) is 5.16 Å². The van der Waals surface area contributed by atoms with E-state index < -0.39 is 0 Å². The van der Waals surface area contributed by atoms with E-state index in [0.29, 0.717) is 5.92 Å². The van der Waals surface area contributed by atoms with E-state index in [9.17, 15) is 0 Å². The molecule has 0 aliphatic carbocycles. The lowest BCUT2D eigenvalue weighted by Crippen LogP contribution is -1.90. The van der Waals surface area contributed by atoms with E-state index in [1.165, 1.54) is 6.21 Å². The fraction of sp³-hybridized carbons (Fsp3) is 0.800. The summed E-state index contributed by atoms with van der Waals surface area (Å²) in [7, 11) is 0. The SMILES string of the molecule is CCC(C)/C=N\O. The van der Waals surface area contributed by atoms with Crippen molar-refractivity contribution in [3.63, 3.8) is 0 Å². The van der Waals surface area contributed by atoms with E-state index in [1.54, 1.807) is 0 Å². The Hall–Kier alpha value is -0.530. The predicted molar refractivity (Wildman–Crippen MR) is 29.7 cm³/mol. The first-order chi connectivity index (χ1) is 3.31. The standard InChI is InChI=1S/C5H11NO/c1-3-5(2)4-6-7/h4-5,7H,3H2,1-2H3/b6-4-. The van der Waals surface area contributed by atoms with Gasteiger partial charge in [0.1, 0.15) is 0 Å². The Morgan fingerprint density at radius 2 is 2.43 bits per heavy atom. The fourth-order valence-electron chi connectivity index (χ4n) is 0.219. The molecule has 0 aromatic carbocycles. The Morgan fingerprint density at radius 1 is 1.86 bits per heavy atom. The summed E-state index contributed by atoms with van der Waals surface area (Å²) in [6.07, 6.45) is 2.56. The Kier molecular flexibility index (Phi) is 3.38. The molecule has 0 bridgehead atoms. The van der Waals surface area contributed by atoms with Gasteiger partial charge in [-0.05, 0) is 12.3 Å². The molecule has 0 aromatic rings. The van der Waals surface area contributed by atoms with Crippen LogP contribution in [0.4, 0.5) is 0 Å². The molecule has 7 heavy (non-hydrogen) atoms. The summed E-state index contributed by atoms with van der Waals surface area (Å²) in [4.78, 5) is 0. The number of oxime groups is 1. The second-order valence-electron chi connectivity index (χ2n) is 1.65. The second-order valence-corrected chi connectivity index (χ2v) is 1.65. The van der Waals surface area contributed by atoms with Crippen molar-refractivity contribution in [2.75, 3.05) is 0 Å². The molecule has 0 saturated heterocycles. The van der Waals surface area contributed by atoms with Crippen molar-refractivity contribution in [3.05, 3.63) is 0 Å². The molecule has 0 fully saturated rings. The van der Waals surface area contributed by atoms with E-state index in [0.717, 1.165) is 6.42 Å². The number of hydrogen-bond acceptors (Lipinski definition) is 2. The van der Waals surface area contributed by atoms with E-state index >= 15 is 0 Å². The van der Waals surface area contributed by atoms with Crippen LogP contribution in [0.15, 0.2) is 5.16 Å². The molecule has 0 saturated carbocycles. The summed E-state index contributed by atoms with van der Waals surface area (Å²) in [5, 5.41) is 10.8. The highest BCUT2D eigenvalue weighted by molar-refractivity contribution is 5.58. The smallest absolute Gasteiger partial charge is 0.0463 e. The topological polar surface area (TPSA) is 32.6 Å². The lowest BCUT2D eigenvalue weighted by atomic mass is 10.1. The van der Waals surface area contributed by atoms with Gasteiger partial charge in [0.15, 0.2) is 0 Å². The van der Waals surface area contributed by atoms with Gasteiger partial charge in [-0.3, -0.25) is 0 Å². The van der Waals surface area contributed by atoms with Crippen molar-refractivity contribution in [1.29, 1.82) is 0 Å². The molecular weight excluding hydrogens is 90.1 g/mol. The quantitative estimate of drug-likeness (QED) is 0.319. The van der Waals surface area contributed by atoms with Crippen molar-refractivity contribution in [2.45, 2.75) is 20.3 Å². The average molecular weight is 101 g/mol. The summed E-state index contributed by atoms with van der Waals surface area (Å²) in [5.74, 6) is 0.407. The minimum Gasteiger partial charge on any atom is -0.411 e. The van der Waals surface area contributed by atoms with Crippen LogP contribution in [0.2, 0.25) is 0 Å². The average Bonchev–Trinajstić information content (AvgIpc) is 1.68. The Labute approximate surface area is 43.8 Å². The summed E-state index contributed by atoms with van der Waals surface area (Å²) in [5.41, 5.74) is 0. The molecule has 0 heterocycles. The van der Waals surface area contributed by atoms with Gasteiger partial charge >= 0.3 is 0 Å². The third kappa shape index (κ3) is 3.30. The first-order valence-electron chi connectivity index (χ1n) is 2.48.